The highest BCUT2D eigenvalue weighted by Crippen LogP contribution is 2.27. The number of carbonyl (C=O) groups excluding carboxylic acids is 3. The number of fused-ring (bicyclic) bond motifs is 1. The number of amides is 1. The number of hydrogen-bond acceptors (Lipinski definition) is 9. The van der Waals surface area contributed by atoms with Gasteiger partial charge in [-0.25, -0.2) is 0 Å². The van der Waals surface area contributed by atoms with Gasteiger partial charge in [0.05, 0.1) is 19.7 Å². The van der Waals surface area contributed by atoms with Gasteiger partial charge in [-0.3, -0.25) is 24.2 Å². The van der Waals surface area contributed by atoms with Crippen molar-refractivity contribution < 1.29 is 23.5 Å². The Morgan fingerprint density at radius 1 is 0.791 bits per heavy atom. The van der Waals surface area contributed by atoms with E-state index in [1.165, 1.54) is 0 Å². The second-order valence-electron chi connectivity index (χ2n) is 11.1. The summed E-state index contributed by atoms with van der Waals surface area (Å²) in [6.45, 7) is 14.8. The summed E-state index contributed by atoms with van der Waals surface area (Å²) in [5.74, 6) is 0.160. The Balaban J connectivity index is 1.10. The van der Waals surface area contributed by atoms with Crippen molar-refractivity contribution >= 4 is 40.0 Å². The minimum Gasteiger partial charge on any atom is -0.465 e. The summed E-state index contributed by atoms with van der Waals surface area (Å²) >= 11 is 0. The molecule has 43 heavy (non-hydrogen) atoms. The molecule has 0 atom stereocenters. The normalized spacial score (nSPS) is 16.4. The summed E-state index contributed by atoms with van der Waals surface area (Å²) in [7, 11) is 0. The highest BCUT2D eigenvalue weighted by Gasteiger charge is 2.26. The molecule has 230 valence electrons. The molecule has 10 heteroatoms. The van der Waals surface area contributed by atoms with Crippen LogP contribution in [0.15, 0.2) is 52.9 Å². The van der Waals surface area contributed by atoms with Crippen molar-refractivity contribution in [2.45, 2.75) is 20.8 Å². The van der Waals surface area contributed by atoms with E-state index in [0.717, 1.165) is 69.1 Å². The van der Waals surface area contributed by atoms with E-state index in [1.54, 1.807) is 0 Å². The lowest BCUT2D eigenvalue weighted by Crippen LogP contribution is -2.54. The molecule has 1 amide bonds. The third-order valence-electron chi connectivity index (χ3n) is 8.46. The molecule has 0 unspecified atom stereocenters. The van der Waals surface area contributed by atoms with E-state index < -0.39 is 0 Å². The van der Waals surface area contributed by atoms with Crippen LogP contribution in [0.5, 0.6) is 0 Å². The van der Waals surface area contributed by atoms with E-state index in [4.69, 9.17) is 9.15 Å². The Kier molecular flexibility index (Phi) is 9.99. The van der Waals surface area contributed by atoms with Gasteiger partial charge in [0.1, 0.15) is 5.58 Å². The summed E-state index contributed by atoms with van der Waals surface area (Å²) in [6.07, 6.45) is 0. The fourth-order valence-electron chi connectivity index (χ4n) is 5.88. The number of esters is 1. The van der Waals surface area contributed by atoms with Crippen LogP contribution in [-0.4, -0.2) is 118 Å². The zero-order valence-electron chi connectivity index (χ0n) is 25.6. The zero-order chi connectivity index (χ0) is 30.3. The van der Waals surface area contributed by atoms with E-state index in [2.05, 4.69) is 39.5 Å². The Morgan fingerprint density at radius 2 is 1.44 bits per heavy atom. The summed E-state index contributed by atoms with van der Waals surface area (Å²) in [6, 6.07) is 15.5. The molecule has 2 aliphatic heterocycles. The van der Waals surface area contributed by atoms with E-state index >= 15 is 0 Å². The molecule has 3 heterocycles. The molecular weight excluding hydrogens is 546 g/mol. The zero-order valence-corrected chi connectivity index (χ0v) is 25.6. The van der Waals surface area contributed by atoms with Crippen molar-refractivity contribution in [2.24, 2.45) is 0 Å². The Bertz CT molecular complexity index is 1400. The SMILES string of the molecule is CCOC(=O)CN1CCN(CC(=O)N2CCN(c3ccc(C(=O)c4cc5ccc(N(CC)CC)cc5o4)cc3)CC2)CC1. The molecular formula is C33H43N5O5. The van der Waals surface area contributed by atoms with E-state index in [0.29, 0.717) is 49.7 Å². The fraction of sp³-hybridized carbons (Fsp3) is 0.485. The number of furan rings is 1. The van der Waals surface area contributed by atoms with Crippen LogP contribution in [0, 0.1) is 0 Å². The molecule has 2 saturated heterocycles. The van der Waals surface area contributed by atoms with Crippen LogP contribution in [0.25, 0.3) is 11.0 Å². The number of carbonyl (C=O) groups is 3. The van der Waals surface area contributed by atoms with Gasteiger partial charge in [-0.05, 0) is 63.2 Å². The molecule has 5 rings (SSSR count). The van der Waals surface area contributed by atoms with Gasteiger partial charge < -0.3 is 23.9 Å². The average molecular weight is 590 g/mol. The molecule has 2 aromatic carbocycles. The Labute approximate surface area is 253 Å². The number of benzene rings is 2. The van der Waals surface area contributed by atoms with E-state index in [-0.39, 0.29) is 17.7 Å². The van der Waals surface area contributed by atoms with Gasteiger partial charge >= 0.3 is 5.97 Å². The number of ether oxygens (including phenoxy) is 1. The lowest BCUT2D eigenvalue weighted by atomic mass is 10.1. The van der Waals surface area contributed by atoms with Crippen LogP contribution in [0.2, 0.25) is 0 Å². The summed E-state index contributed by atoms with van der Waals surface area (Å²) < 4.78 is 11.0. The Morgan fingerprint density at radius 3 is 2.07 bits per heavy atom. The van der Waals surface area contributed by atoms with Gasteiger partial charge in [0.25, 0.3) is 0 Å². The van der Waals surface area contributed by atoms with Crippen molar-refractivity contribution in [3.63, 3.8) is 0 Å². The van der Waals surface area contributed by atoms with Gasteiger partial charge in [-0.15, -0.1) is 0 Å². The highest BCUT2D eigenvalue weighted by atomic mass is 16.5. The van der Waals surface area contributed by atoms with Crippen molar-refractivity contribution in [1.29, 1.82) is 0 Å². The molecule has 0 spiro atoms. The third kappa shape index (κ3) is 7.37. The Hall–Kier alpha value is -3.89. The smallest absolute Gasteiger partial charge is 0.320 e. The first-order valence-electron chi connectivity index (χ1n) is 15.4. The topological polar surface area (TPSA) is 89.8 Å². The molecule has 1 aromatic heterocycles. The maximum Gasteiger partial charge on any atom is 0.320 e. The first kappa shape index (κ1) is 30.6. The van der Waals surface area contributed by atoms with Crippen LogP contribution in [0.1, 0.15) is 36.9 Å². The first-order chi connectivity index (χ1) is 20.9. The predicted molar refractivity (Wildman–Crippen MR) is 168 cm³/mol. The minimum atomic E-state index is -0.193. The summed E-state index contributed by atoms with van der Waals surface area (Å²) in [5.41, 5.74) is 3.42. The third-order valence-corrected chi connectivity index (χ3v) is 8.46. The van der Waals surface area contributed by atoms with Crippen LogP contribution < -0.4 is 9.80 Å². The van der Waals surface area contributed by atoms with Gasteiger partial charge in [0, 0.05) is 93.8 Å². The van der Waals surface area contributed by atoms with Crippen molar-refractivity contribution in [1.82, 2.24) is 14.7 Å². The molecule has 0 aliphatic carbocycles. The molecule has 10 nitrogen and oxygen atoms in total. The standard InChI is InChI=1S/C33H43N5O5/c1-4-36(5-2)28-12-9-26-21-30(43-29(26)22-28)33(41)25-7-10-27(11-8-25)37-17-19-38(20-18-37)31(39)23-34-13-15-35(16-14-34)24-32(40)42-6-3/h7-12,21-22H,4-6,13-20,23-24H2,1-3H3. The van der Waals surface area contributed by atoms with Crippen LogP contribution in [-0.2, 0) is 14.3 Å². The van der Waals surface area contributed by atoms with Crippen LogP contribution in [0.4, 0.5) is 11.4 Å². The van der Waals surface area contributed by atoms with Gasteiger partial charge in [-0.1, -0.05) is 0 Å². The number of piperazine rings is 2. The van der Waals surface area contributed by atoms with E-state index in [1.807, 2.05) is 54.3 Å². The predicted octanol–water partition coefficient (Wildman–Crippen LogP) is 3.34. The average Bonchev–Trinajstić information content (AvgIpc) is 3.46. The minimum absolute atomic E-state index is 0.135. The quantitative estimate of drug-likeness (QED) is 0.247. The van der Waals surface area contributed by atoms with Crippen molar-refractivity contribution in [2.75, 3.05) is 94.9 Å². The number of ketones is 1. The number of rotatable bonds is 11. The molecule has 2 fully saturated rings. The molecule has 0 N–H and O–H groups in total. The van der Waals surface area contributed by atoms with Crippen LogP contribution in [0.3, 0.4) is 0 Å². The summed E-state index contributed by atoms with van der Waals surface area (Å²) in [4.78, 5) is 48.6. The number of hydrogen-bond donors (Lipinski definition) is 0. The monoisotopic (exact) mass is 589 g/mol. The second kappa shape index (κ2) is 14.1. The van der Waals surface area contributed by atoms with Crippen molar-refractivity contribution in [3.8, 4) is 0 Å². The van der Waals surface area contributed by atoms with Gasteiger partial charge in [-0.2, -0.15) is 0 Å². The summed E-state index contributed by atoms with van der Waals surface area (Å²) in [5, 5.41) is 0.916. The van der Waals surface area contributed by atoms with Gasteiger partial charge in [0.2, 0.25) is 11.7 Å². The lowest BCUT2D eigenvalue weighted by Gasteiger charge is -2.38. The number of nitrogens with zero attached hydrogens (tertiary/aromatic N) is 5. The molecule has 2 aliphatic rings. The van der Waals surface area contributed by atoms with Crippen LogP contribution >= 0.6 is 0 Å². The molecule has 0 saturated carbocycles. The second-order valence-corrected chi connectivity index (χ2v) is 11.1. The van der Waals surface area contributed by atoms with E-state index in [9.17, 15) is 14.4 Å². The largest absolute Gasteiger partial charge is 0.465 e. The highest BCUT2D eigenvalue weighted by molar-refractivity contribution is 6.09. The number of anilines is 2. The van der Waals surface area contributed by atoms with Gasteiger partial charge in [0.15, 0.2) is 5.76 Å². The van der Waals surface area contributed by atoms with Crippen molar-refractivity contribution in [3.05, 3.63) is 59.9 Å². The molecule has 0 bridgehead atoms. The fourth-order valence-corrected chi connectivity index (χ4v) is 5.88. The molecule has 3 aromatic rings. The first-order valence-corrected chi connectivity index (χ1v) is 15.4. The maximum atomic E-state index is 13.2. The maximum absolute atomic E-state index is 13.2. The molecule has 0 radical (unpaired) electrons. The lowest BCUT2D eigenvalue weighted by molar-refractivity contribution is -0.145.